The molecule has 4 aliphatic carbocycles. The fourth-order valence-electron chi connectivity index (χ4n) is 11.3. The SMILES string of the molecule is CC(=O)CO[C@H]1C(=O)[C@@]2(C)[C@H]([C@H](OC(=O)c3ccccc3)[C@]3(O)CC(OC(=O)[C@H](O)[C@@H](NC(=O)C4(C)CCCCC4)c4ccccc4)C(C)=C1C3(C)C)[C@]1(OC(C)=O)CO[C@@H]1C[C@@H]2O. The molecular weight excluding hydrogens is 827 g/mol. The normalized spacial score (nSPS) is 33.6. The van der Waals surface area contributed by atoms with Gasteiger partial charge in [0.25, 0.3) is 0 Å². The predicted molar refractivity (Wildman–Crippen MR) is 228 cm³/mol. The first-order valence-corrected chi connectivity index (χ1v) is 22.2. The Morgan fingerprint density at radius 2 is 1.53 bits per heavy atom. The minimum Gasteiger partial charge on any atom is -0.456 e. The van der Waals surface area contributed by atoms with Gasteiger partial charge in [0.05, 0.1) is 35.6 Å². The van der Waals surface area contributed by atoms with Crippen molar-refractivity contribution in [2.75, 3.05) is 13.2 Å². The minimum absolute atomic E-state index is 0.0888. The number of hydrogen-bond acceptors (Lipinski definition) is 14. The van der Waals surface area contributed by atoms with Gasteiger partial charge in [-0.3, -0.25) is 19.2 Å². The number of aliphatic hydroxyl groups excluding tert-OH is 2. The van der Waals surface area contributed by atoms with Crippen LogP contribution in [-0.4, -0.2) is 112 Å². The molecule has 0 spiro atoms. The second kappa shape index (κ2) is 17.5. The van der Waals surface area contributed by atoms with E-state index < -0.39 is 119 Å². The van der Waals surface area contributed by atoms with Crippen molar-refractivity contribution in [1.82, 2.24) is 5.32 Å². The summed E-state index contributed by atoms with van der Waals surface area (Å²) in [6.45, 7) is 9.71. The number of carbonyl (C=O) groups excluding carboxylic acids is 6. The van der Waals surface area contributed by atoms with Crippen molar-refractivity contribution in [2.24, 2.45) is 22.2 Å². The largest absolute Gasteiger partial charge is 0.456 e. The van der Waals surface area contributed by atoms with Crippen LogP contribution in [0.4, 0.5) is 0 Å². The maximum absolute atomic E-state index is 15.6. The lowest BCUT2D eigenvalue weighted by molar-refractivity contribution is -0.346. The first-order chi connectivity index (χ1) is 30.1. The fraction of sp³-hybridized carbons (Fsp3) is 0.592. The van der Waals surface area contributed by atoms with Gasteiger partial charge in [0.15, 0.2) is 23.3 Å². The molecule has 346 valence electrons. The molecular formula is C49H61NO14. The van der Waals surface area contributed by atoms with Gasteiger partial charge in [-0.2, -0.15) is 0 Å². The Morgan fingerprint density at radius 1 is 0.906 bits per heavy atom. The molecule has 64 heavy (non-hydrogen) atoms. The lowest BCUT2D eigenvalue weighted by Gasteiger charge is -2.67. The highest BCUT2D eigenvalue weighted by Gasteiger charge is 2.78. The van der Waals surface area contributed by atoms with Gasteiger partial charge in [-0.15, -0.1) is 0 Å². The van der Waals surface area contributed by atoms with Crippen molar-refractivity contribution in [3.63, 3.8) is 0 Å². The van der Waals surface area contributed by atoms with Crippen LogP contribution in [0, 0.1) is 22.2 Å². The smallest absolute Gasteiger partial charge is 0.338 e. The fourth-order valence-corrected chi connectivity index (χ4v) is 11.3. The average molecular weight is 888 g/mol. The number of hydrogen-bond donors (Lipinski definition) is 4. The molecule has 1 amide bonds. The molecule has 2 aromatic rings. The van der Waals surface area contributed by atoms with E-state index in [-0.39, 0.29) is 35.6 Å². The Kier molecular flexibility index (Phi) is 12.9. The van der Waals surface area contributed by atoms with Gasteiger partial charge in [0.2, 0.25) is 5.91 Å². The minimum atomic E-state index is -2.35. The molecule has 1 saturated heterocycles. The number of amides is 1. The molecule has 0 radical (unpaired) electrons. The van der Waals surface area contributed by atoms with Crippen molar-refractivity contribution in [2.45, 2.75) is 147 Å². The van der Waals surface area contributed by atoms with E-state index in [9.17, 15) is 39.3 Å². The second-order valence-corrected chi connectivity index (χ2v) is 19.5. The van der Waals surface area contributed by atoms with E-state index in [1.54, 1.807) is 69.3 Å². The highest BCUT2D eigenvalue weighted by molar-refractivity contribution is 5.95. The molecule has 5 aliphatic rings. The first kappa shape index (κ1) is 47.2. The van der Waals surface area contributed by atoms with E-state index in [0.29, 0.717) is 18.4 Å². The van der Waals surface area contributed by atoms with Crippen LogP contribution in [0.1, 0.15) is 115 Å². The predicted octanol–water partition coefficient (Wildman–Crippen LogP) is 4.43. The van der Waals surface area contributed by atoms with Gasteiger partial charge in [0.1, 0.15) is 36.6 Å². The number of aliphatic hydroxyl groups is 3. The molecule has 11 atom stereocenters. The second-order valence-electron chi connectivity index (χ2n) is 19.5. The number of esters is 3. The summed E-state index contributed by atoms with van der Waals surface area (Å²) in [4.78, 5) is 84.0. The number of carbonyl (C=O) groups is 6. The average Bonchev–Trinajstić information content (AvgIpc) is 3.25. The van der Waals surface area contributed by atoms with Crippen LogP contribution in [0.5, 0.6) is 0 Å². The molecule has 4 fully saturated rings. The molecule has 0 aromatic heterocycles. The van der Waals surface area contributed by atoms with E-state index in [4.69, 9.17) is 23.7 Å². The monoisotopic (exact) mass is 887 g/mol. The molecule has 2 aromatic carbocycles. The standard InChI is InChI=1S/C49H61NO14/c1-27(51)25-60-38-35-28(2)32(62-43(57)37(54)36(30-17-11-8-12-18-30)50-44(58)46(6)21-15-10-16-22-46)24-49(59,45(35,4)5)41(63-42(56)31-19-13-9-14-20-31)39-47(7,40(38)55)33(53)23-34-48(39,26-61-34)64-29(3)52/h8-9,11-14,17-20,32-34,36-39,41,53-54,59H,10,15-16,21-26H2,1-7H3,(H,50,58)/t32?,33-,34+,36-,37+,38+,39-,41-,47+,48-,49+/m0/s1. The number of nitrogens with one attached hydrogen (secondary N) is 1. The first-order valence-electron chi connectivity index (χ1n) is 22.2. The third-order valence-electron chi connectivity index (χ3n) is 15.1. The van der Waals surface area contributed by atoms with Crippen molar-refractivity contribution < 1.29 is 67.8 Å². The van der Waals surface area contributed by atoms with E-state index in [2.05, 4.69) is 5.32 Å². The zero-order valence-electron chi connectivity index (χ0n) is 37.6. The van der Waals surface area contributed by atoms with E-state index >= 15 is 4.79 Å². The Labute approximate surface area is 373 Å². The maximum atomic E-state index is 15.6. The highest BCUT2D eigenvalue weighted by Crippen LogP contribution is 2.64. The Bertz CT molecular complexity index is 2180. The number of fused-ring (bicyclic) bond motifs is 5. The summed E-state index contributed by atoms with van der Waals surface area (Å²) < 4.78 is 30.9. The van der Waals surface area contributed by atoms with Crippen LogP contribution in [-0.2, 0) is 47.7 Å². The number of ketones is 2. The van der Waals surface area contributed by atoms with Crippen LogP contribution >= 0.6 is 0 Å². The molecule has 1 aliphatic heterocycles. The number of rotatable bonds is 12. The zero-order valence-corrected chi connectivity index (χ0v) is 37.6. The maximum Gasteiger partial charge on any atom is 0.338 e. The van der Waals surface area contributed by atoms with Gasteiger partial charge < -0.3 is 44.3 Å². The summed E-state index contributed by atoms with van der Waals surface area (Å²) in [5.41, 5.74) is -7.57. The number of ether oxygens (including phenoxy) is 5. The van der Waals surface area contributed by atoms with Crippen molar-refractivity contribution >= 4 is 35.4 Å². The molecule has 1 unspecified atom stereocenters. The van der Waals surface area contributed by atoms with Gasteiger partial charge in [0, 0.05) is 30.6 Å². The molecule has 3 saturated carbocycles. The van der Waals surface area contributed by atoms with Crippen LogP contribution in [0.3, 0.4) is 0 Å². The highest BCUT2D eigenvalue weighted by atomic mass is 16.6. The van der Waals surface area contributed by atoms with Gasteiger partial charge in [-0.25, -0.2) is 9.59 Å². The van der Waals surface area contributed by atoms with E-state index in [0.717, 1.165) is 19.3 Å². The summed E-state index contributed by atoms with van der Waals surface area (Å²) in [5.74, 6) is -5.88. The topological polar surface area (TPSA) is 221 Å². The van der Waals surface area contributed by atoms with Crippen molar-refractivity contribution in [3.05, 3.63) is 82.9 Å². The lowest BCUT2D eigenvalue weighted by Crippen LogP contribution is -2.82. The number of Topliss-reactive ketones (excluding diaryl/α,β-unsaturated/α-hetero) is 2. The summed E-state index contributed by atoms with van der Waals surface area (Å²) in [6.07, 6.45) is -6.10. The molecule has 4 N–H and O–H groups in total. The summed E-state index contributed by atoms with van der Waals surface area (Å²) >= 11 is 0. The third kappa shape index (κ3) is 7.90. The van der Waals surface area contributed by atoms with Gasteiger partial charge in [-0.1, -0.05) is 88.6 Å². The Morgan fingerprint density at radius 3 is 2.11 bits per heavy atom. The summed E-state index contributed by atoms with van der Waals surface area (Å²) in [5, 5.41) is 40.8. The van der Waals surface area contributed by atoms with Crippen LogP contribution < -0.4 is 5.32 Å². The van der Waals surface area contributed by atoms with Crippen LogP contribution in [0.2, 0.25) is 0 Å². The Balaban J connectivity index is 1.38. The van der Waals surface area contributed by atoms with Crippen LogP contribution in [0.25, 0.3) is 0 Å². The third-order valence-corrected chi connectivity index (χ3v) is 15.1. The quantitative estimate of drug-likeness (QED) is 0.132. The van der Waals surface area contributed by atoms with Crippen molar-refractivity contribution in [3.8, 4) is 0 Å². The lowest BCUT2D eigenvalue weighted by atomic mass is 9.44. The molecule has 1 heterocycles. The van der Waals surface area contributed by atoms with Crippen molar-refractivity contribution in [1.29, 1.82) is 0 Å². The van der Waals surface area contributed by atoms with Crippen LogP contribution in [0.15, 0.2) is 71.8 Å². The summed E-state index contributed by atoms with van der Waals surface area (Å²) in [7, 11) is 0. The van der Waals surface area contributed by atoms with Gasteiger partial charge >= 0.3 is 17.9 Å². The molecule has 15 nitrogen and oxygen atoms in total. The molecule has 7 rings (SSSR count). The van der Waals surface area contributed by atoms with Gasteiger partial charge in [-0.05, 0) is 62.5 Å². The Hall–Kier alpha value is -4.80. The number of benzene rings is 2. The molecule has 2 bridgehead atoms. The van der Waals surface area contributed by atoms with E-state index in [1.165, 1.54) is 32.9 Å². The van der Waals surface area contributed by atoms with E-state index in [1.807, 2.05) is 6.92 Å². The molecule has 15 heteroatoms. The summed E-state index contributed by atoms with van der Waals surface area (Å²) in [6, 6.07) is 15.2. The zero-order chi connectivity index (χ0) is 46.6.